The van der Waals surface area contributed by atoms with E-state index in [0.717, 1.165) is 48.2 Å². The summed E-state index contributed by atoms with van der Waals surface area (Å²) in [6.45, 7) is 1.96. The Bertz CT molecular complexity index is 926. The third-order valence-electron chi connectivity index (χ3n) is 4.92. The molecule has 1 fully saturated rings. The van der Waals surface area contributed by atoms with Crippen LogP contribution < -0.4 is 10.6 Å². The van der Waals surface area contributed by atoms with Gasteiger partial charge in [0.25, 0.3) is 0 Å². The van der Waals surface area contributed by atoms with E-state index in [9.17, 15) is 0 Å². The molecular weight excluding hydrogens is 328 g/mol. The van der Waals surface area contributed by atoms with Gasteiger partial charge < -0.3 is 15.6 Å². The van der Waals surface area contributed by atoms with E-state index in [1.807, 2.05) is 25.3 Å². The highest BCUT2D eigenvalue weighted by Crippen LogP contribution is 2.29. The second-order valence-corrected chi connectivity index (χ2v) is 6.92. The third-order valence-corrected chi connectivity index (χ3v) is 4.92. The molecule has 1 aliphatic rings. The Morgan fingerprint density at radius 2 is 2.12 bits per heavy atom. The van der Waals surface area contributed by atoms with Crippen LogP contribution in [-0.4, -0.2) is 31.2 Å². The normalized spacial score (nSPS) is 20.0. The Labute approximate surface area is 151 Å². The molecule has 3 heterocycles. The van der Waals surface area contributed by atoms with E-state index in [1.165, 1.54) is 0 Å². The molecule has 1 saturated carbocycles. The number of fused-ring (bicyclic) bond motifs is 1. The largest absolute Gasteiger partial charge is 0.357 e. The first-order valence-corrected chi connectivity index (χ1v) is 8.99. The van der Waals surface area contributed by atoms with E-state index < -0.39 is 0 Å². The fourth-order valence-electron chi connectivity index (χ4n) is 3.53. The van der Waals surface area contributed by atoms with Crippen molar-refractivity contribution < 1.29 is 0 Å². The number of rotatable bonds is 5. The van der Waals surface area contributed by atoms with Crippen LogP contribution in [0.25, 0.3) is 11.0 Å². The Balaban J connectivity index is 1.52. The van der Waals surface area contributed by atoms with Crippen LogP contribution in [0, 0.1) is 24.2 Å². The van der Waals surface area contributed by atoms with Crippen LogP contribution in [-0.2, 0) is 0 Å². The number of hydrogen-bond acceptors (Lipinski definition) is 6. The molecule has 134 valence electrons. The molecule has 3 aromatic heterocycles. The van der Waals surface area contributed by atoms with E-state index in [2.05, 4.69) is 41.9 Å². The highest BCUT2D eigenvalue weighted by molar-refractivity contribution is 5.88. The van der Waals surface area contributed by atoms with Gasteiger partial charge in [-0.1, -0.05) is 0 Å². The second-order valence-electron chi connectivity index (χ2n) is 6.92. The molecule has 0 unspecified atom stereocenters. The van der Waals surface area contributed by atoms with Crippen LogP contribution in [0.15, 0.2) is 18.3 Å². The van der Waals surface area contributed by atoms with Crippen molar-refractivity contribution in [2.75, 3.05) is 10.6 Å². The Hall–Kier alpha value is -3.08. The highest BCUT2D eigenvalue weighted by atomic mass is 15.2. The molecule has 0 aromatic carbocycles. The van der Waals surface area contributed by atoms with Gasteiger partial charge in [0.05, 0.1) is 11.6 Å². The zero-order chi connectivity index (χ0) is 17.9. The molecule has 4 rings (SSSR count). The SMILES string of the molecule is Cc1cc(Nc2nc(N[C@H]3CC[C@H](CC#N)CC3)nc3cc[nH]c23)n[nH]1. The van der Waals surface area contributed by atoms with Gasteiger partial charge in [-0.05, 0) is 44.6 Å². The second kappa shape index (κ2) is 7.04. The number of aryl methyl sites for hydroxylation is 1. The number of hydrogen-bond donors (Lipinski definition) is 4. The van der Waals surface area contributed by atoms with Crippen molar-refractivity contribution >= 4 is 28.6 Å². The Kier molecular flexibility index (Phi) is 4.44. The predicted octanol–water partition coefficient (Wildman–Crippen LogP) is 3.62. The lowest BCUT2D eigenvalue weighted by atomic mass is 9.84. The van der Waals surface area contributed by atoms with E-state index in [4.69, 9.17) is 5.26 Å². The quantitative estimate of drug-likeness (QED) is 0.558. The minimum absolute atomic E-state index is 0.349. The van der Waals surface area contributed by atoms with Gasteiger partial charge in [0, 0.05) is 30.4 Å². The van der Waals surface area contributed by atoms with Gasteiger partial charge in [-0.2, -0.15) is 15.3 Å². The van der Waals surface area contributed by atoms with Crippen molar-refractivity contribution in [1.29, 1.82) is 5.26 Å². The van der Waals surface area contributed by atoms with Crippen molar-refractivity contribution in [1.82, 2.24) is 25.1 Å². The summed E-state index contributed by atoms with van der Waals surface area (Å²) in [6, 6.07) is 6.50. The molecule has 0 atom stereocenters. The lowest BCUT2D eigenvalue weighted by Crippen LogP contribution is -2.27. The summed E-state index contributed by atoms with van der Waals surface area (Å²) in [7, 11) is 0. The minimum atomic E-state index is 0.349. The topological polar surface area (TPSA) is 118 Å². The summed E-state index contributed by atoms with van der Waals surface area (Å²) in [4.78, 5) is 12.5. The van der Waals surface area contributed by atoms with Gasteiger partial charge in [0.15, 0.2) is 11.6 Å². The molecule has 8 nitrogen and oxygen atoms in total. The standard InChI is InChI=1S/C18H22N8/c1-11-10-15(26-25-11)23-17-16-14(7-9-20-16)22-18(24-17)21-13-4-2-12(3-5-13)6-8-19/h7,9-10,12-13,20H,2-6H2,1H3,(H3,21,22,23,24,25,26)/t12-,13-. The molecule has 0 radical (unpaired) electrons. The van der Waals surface area contributed by atoms with Crippen LogP contribution >= 0.6 is 0 Å². The van der Waals surface area contributed by atoms with Crippen LogP contribution in [0.1, 0.15) is 37.8 Å². The van der Waals surface area contributed by atoms with Gasteiger partial charge in [-0.15, -0.1) is 0 Å². The zero-order valence-electron chi connectivity index (χ0n) is 14.7. The summed E-state index contributed by atoms with van der Waals surface area (Å²) >= 11 is 0. The number of H-pyrrole nitrogens is 2. The van der Waals surface area contributed by atoms with Gasteiger partial charge in [0.2, 0.25) is 5.95 Å². The maximum absolute atomic E-state index is 8.85. The fourth-order valence-corrected chi connectivity index (χ4v) is 3.53. The highest BCUT2D eigenvalue weighted by Gasteiger charge is 2.22. The lowest BCUT2D eigenvalue weighted by molar-refractivity contribution is 0.342. The summed E-state index contributed by atoms with van der Waals surface area (Å²) in [6.07, 6.45) is 6.77. The molecule has 0 aliphatic heterocycles. The predicted molar refractivity (Wildman–Crippen MR) is 100 cm³/mol. The van der Waals surface area contributed by atoms with Crippen molar-refractivity contribution in [3.8, 4) is 6.07 Å². The average molecular weight is 350 g/mol. The molecule has 8 heteroatoms. The van der Waals surface area contributed by atoms with Crippen LogP contribution in [0.4, 0.5) is 17.6 Å². The lowest BCUT2D eigenvalue weighted by Gasteiger charge is -2.27. The fraction of sp³-hybridized carbons (Fsp3) is 0.444. The maximum Gasteiger partial charge on any atom is 0.225 e. The summed E-state index contributed by atoms with van der Waals surface area (Å²) < 4.78 is 0. The average Bonchev–Trinajstić information content (AvgIpc) is 3.26. The Morgan fingerprint density at radius 1 is 1.27 bits per heavy atom. The number of anilines is 3. The maximum atomic E-state index is 8.85. The zero-order valence-corrected chi connectivity index (χ0v) is 14.7. The first kappa shape index (κ1) is 16.4. The monoisotopic (exact) mass is 350 g/mol. The van der Waals surface area contributed by atoms with Crippen LogP contribution in [0.2, 0.25) is 0 Å². The summed E-state index contributed by atoms with van der Waals surface area (Å²) in [5.41, 5.74) is 2.70. The van der Waals surface area contributed by atoms with Crippen molar-refractivity contribution in [3.05, 3.63) is 24.0 Å². The molecule has 1 aliphatic carbocycles. The van der Waals surface area contributed by atoms with Gasteiger partial charge in [-0.25, -0.2) is 4.98 Å². The smallest absolute Gasteiger partial charge is 0.225 e. The molecule has 4 N–H and O–H groups in total. The minimum Gasteiger partial charge on any atom is -0.357 e. The first-order valence-electron chi connectivity index (χ1n) is 8.99. The van der Waals surface area contributed by atoms with Crippen LogP contribution in [0.5, 0.6) is 0 Å². The van der Waals surface area contributed by atoms with Gasteiger partial charge in [0.1, 0.15) is 5.52 Å². The van der Waals surface area contributed by atoms with Crippen LogP contribution in [0.3, 0.4) is 0 Å². The molecule has 26 heavy (non-hydrogen) atoms. The van der Waals surface area contributed by atoms with Crippen molar-refractivity contribution in [2.24, 2.45) is 5.92 Å². The van der Waals surface area contributed by atoms with E-state index in [0.29, 0.717) is 30.1 Å². The van der Waals surface area contributed by atoms with Crippen molar-refractivity contribution in [2.45, 2.75) is 45.1 Å². The number of aromatic nitrogens is 5. The first-order chi connectivity index (χ1) is 12.7. The van der Waals surface area contributed by atoms with E-state index >= 15 is 0 Å². The van der Waals surface area contributed by atoms with E-state index in [1.54, 1.807) is 0 Å². The number of nitrogens with zero attached hydrogens (tertiary/aromatic N) is 4. The molecule has 0 amide bonds. The van der Waals surface area contributed by atoms with E-state index in [-0.39, 0.29) is 0 Å². The van der Waals surface area contributed by atoms with Gasteiger partial charge >= 0.3 is 0 Å². The molecule has 0 spiro atoms. The molecule has 0 bridgehead atoms. The molecule has 3 aromatic rings. The summed E-state index contributed by atoms with van der Waals surface area (Å²) in [5, 5.41) is 22.7. The Morgan fingerprint density at radius 3 is 2.85 bits per heavy atom. The molecular formula is C18H22N8. The molecule has 0 saturated heterocycles. The van der Waals surface area contributed by atoms with Gasteiger partial charge in [-0.3, -0.25) is 5.10 Å². The third kappa shape index (κ3) is 3.47. The number of aromatic amines is 2. The summed E-state index contributed by atoms with van der Waals surface area (Å²) in [5.74, 6) is 2.58. The number of nitrogens with one attached hydrogen (secondary N) is 4. The van der Waals surface area contributed by atoms with Crippen molar-refractivity contribution in [3.63, 3.8) is 0 Å². The number of nitriles is 1.